The zero-order chi connectivity index (χ0) is 12.3. The second kappa shape index (κ2) is 5.38. The van der Waals surface area contributed by atoms with Gasteiger partial charge >= 0.3 is 0 Å². The largest absolute Gasteiger partial charge is 0.338 e. The maximum atomic E-state index is 12.7. The molecule has 2 fully saturated rings. The van der Waals surface area contributed by atoms with Crippen LogP contribution in [-0.2, 0) is 4.79 Å². The lowest BCUT2D eigenvalue weighted by molar-refractivity contribution is -0.146. The summed E-state index contributed by atoms with van der Waals surface area (Å²) in [5.41, 5.74) is 5.72. The number of nitrogens with two attached hydrogens (primary N) is 1. The van der Waals surface area contributed by atoms with Gasteiger partial charge in [-0.1, -0.05) is 26.2 Å². The van der Waals surface area contributed by atoms with Crippen LogP contribution >= 0.6 is 0 Å². The Hall–Kier alpha value is -0.570. The monoisotopic (exact) mass is 238 g/mol. The van der Waals surface area contributed by atoms with E-state index in [-0.39, 0.29) is 5.41 Å². The third kappa shape index (κ3) is 2.65. The minimum atomic E-state index is -0.0942. The first-order valence-electron chi connectivity index (χ1n) is 7.18. The van der Waals surface area contributed by atoms with Gasteiger partial charge in [0.05, 0.1) is 0 Å². The van der Waals surface area contributed by atoms with Gasteiger partial charge in [-0.05, 0) is 32.1 Å². The highest BCUT2D eigenvalue weighted by Gasteiger charge is 2.40. The SMILES string of the molecule is CC1(C(=O)N2CCCCC2CN)CCCCC1. The summed E-state index contributed by atoms with van der Waals surface area (Å²) in [7, 11) is 0. The highest BCUT2D eigenvalue weighted by molar-refractivity contribution is 5.82. The number of carbonyl (C=O) groups excluding carboxylic acids is 1. The van der Waals surface area contributed by atoms with E-state index in [0.717, 1.165) is 32.2 Å². The van der Waals surface area contributed by atoms with Crippen LogP contribution in [-0.4, -0.2) is 29.9 Å². The van der Waals surface area contributed by atoms with Gasteiger partial charge in [0.25, 0.3) is 0 Å². The summed E-state index contributed by atoms with van der Waals surface area (Å²) >= 11 is 0. The average Bonchev–Trinajstić information content (AvgIpc) is 2.38. The van der Waals surface area contributed by atoms with Gasteiger partial charge in [0.2, 0.25) is 5.91 Å². The van der Waals surface area contributed by atoms with Crippen LogP contribution in [0.4, 0.5) is 0 Å². The first-order valence-corrected chi connectivity index (χ1v) is 7.18. The third-order valence-electron chi connectivity index (χ3n) is 4.63. The van der Waals surface area contributed by atoms with Crippen molar-refractivity contribution in [3.05, 3.63) is 0 Å². The molecule has 0 aromatic carbocycles. The molecule has 17 heavy (non-hydrogen) atoms. The standard InChI is InChI=1S/C14H26N2O/c1-14(8-4-2-5-9-14)13(17)16-10-6-3-7-12(16)11-15/h12H,2-11,15H2,1H3. The van der Waals surface area contributed by atoms with Gasteiger partial charge in [0, 0.05) is 24.5 Å². The van der Waals surface area contributed by atoms with Crippen LogP contribution in [0.1, 0.15) is 58.3 Å². The molecule has 0 bridgehead atoms. The van der Waals surface area contributed by atoms with Crippen LogP contribution in [0, 0.1) is 5.41 Å². The number of nitrogens with zero attached hydrogens (tertiary/aromatic N) is 1. The van der Waals surface area contributed by atoms with Crippen molar-refractivity contribution in [3.63, 3.8) is 0 Å². The molecule has 1 atom stereocenters. The van der Waals surface area contributed by atoms with E-state index >= 15 is 0 Å². The van der Waals surface area contributed by atoms with Crippen molar-refractivity contribution < 1.29 is 4.79 Å². The number of piperidine rings is 1. The number of carbonyl (C=O) groups is 1. The average molecular weight is 238 g/mol. The summed E-state index contributed by atoms with van der Waals surface area (Å²) in [5.74, 6) is 0.382. The summed E-state index contributed by atoms with van der Waals surface area (Å²) < 4.78 is 0. The van der Waals surface area contributed by atoms with Crippen LogP contribution in [0.5, 0.6) is 0 Å². The summed E-state index contributed by atoms with van der Waals surface area (Å²) in [6.07, 6.45) is 9.33. The number of hydrogen-bond acceptors (Lipinski definition) is 2. The van der Waals surface area contributed by atoms with E-state index < -0.39 is 0 Å². The lowest BCUT2D eigenvalue weighted by atomic mass is 9.74. The Morgan fingerprint density at radius 1 is 1.24 bits per heavy atom. The first kappa shape index (κ1) is 12.9. The molecule has 1 saturated carbocycles. The molecule has 1 amide bonds. The number of amides is 1. The van der Waals surface area contributed by atoms with E-state index in [0.29, 0.717) is 18.5 Å². The van der Waals surface area contributed by atoms with Gasteiger partial charge in [-0.3, -0.25) is 4.79 Å². The maximum Gasteiger partial charge on any atom is 0.228 e. The molecule has 1 heterocycles. The van der Waals surface area contributed by atoms with Gasteiger partial charge in [-0.15, -0.1) is 0 Å². The Bertz CT molecular complexity index is 271. The molecule has 1 aliphatic carbocycles. The fourth-order valence-electron chi connectivity index (χ4n) is 3.41. The molecule has 0 aromatic rings. The molecule has 1 saturated heterocycles. The molecular formula is C14H26N2O. The molecule has 3 heteroatoms. The Kier molecular flexibility index (Phi) is 4.08. The Morgan fingerprint density at radius 3 is 2.59 bits per heavy atom. The van der Waals surface area contributed by atoms with Crippen LogP contribution in [0.15, 0.2) is 0 Å². The quantitative estimate of drug-likeness (QED) is 0.802. The normalized spacial score (nSPS) is 29.1. The zero-order valence-corrected chi connectivity index (χ0v) is 11.1. The van der Waals surface area contributed by atoms with Crippen molar-refractivity contribution in [2.75, 3.05) is 13.1 Å². The Morgan fingerprint density at radius 2 is 1.94 bits per heavy atom. The number of likely N-dealkylation sites (tertiary alicyclic amines) is 1. The number of hydrogen-bond donors (Lipinski definition) is 1. The van der Waals surface area contributed by atoms with Crippen molar-refractivity contribution in [2.24, 2.45) is 11.1 Å². The van der Waals surface area contributed by atoms with Gasteiger partial charge in [-0.25, -0.2) is 0 Å². The van der Waals surface area contributed by atoms with Crippen molar-refractivity contribution in [1.29, 1.82) is 0 Å². The third-order valence-corrected chi connectivity index (χ3v) is 4.63. The summed E-state index contributed by atoms with van der Waals surface area (Å²) in [6, 6.07) is 0.301. The minimum Gasteiger partial charge on any atom is -0.338 e. The van der Waals surface area contributed by atoms with Crippen molar-refractivity contribution >= 4 is 5.91 Å². The summed E-state index contributed by atoms with van der Waals surface area (Å²) in [4.78, 5) is 14.8. The van der Waals surface area contributed by atoms with E-state index in [1.54, 1.807) is 0 Å². The Balaban J connectivity index is 2.06. The predicted molar refractivity (Wildman–Crippen MR) is 69.6 cm³/mol. The van der Waals surface area contributed by atoms with Crippen LogP contribution in [0.25, 0.3) is 0 Å². The Labute approximate surface area is 105 Å². The smallest absolute Gasteiger partial charge is 0.228 e. The molecule has 0 radical (unpaired) electrons. The molecule has 98 valence electrons. The minimum absolute atomic E-state index is 0.0942. The lowest BCUT2D eigenvalue weighted by Crippen LogP contribution is -2.52. The van der Waals surface area contributed by atoms with Crippen LogP contribution in [0.3, 0.4) is 0 Å². The highest BCUT2D eigenvalue weighted by Crippen LogP contribution is 2.38. The lowest BCUT2D eigenvalue weighted by Gasteiger charge is -2.42. The molecule has 2 N–H and O–H groups in total. The van der Waals surface area contributed by atoms with Gasteiger partial charge in [0.15, 0.2) is 0 Å². The summed E-state index contributed by atoms with van der Waals surface area (Å²) in [5, 5.41) is 0. The van der Waals surface area contributed by atoms with Crippen molar-refractivity contribution in [2.45, 2.75) is 64.3 Å². The van der Waals surface area contributed by atoms with Crippen LogP contribution in [0.2, 0.25) is 0 Å². The highest BCUT2D eigenvalue weighted by atomic mass is 16.2. The molecule has 0 spiro atoms. The van der Waals surface area contributed by atoms with E-state index in [1.165, 1.54) is 25.7 Å². The fourth-order valence-corrected chi connectivity index (χ4v) is 3.41. The van der Waals surface area contributed by atoms with Gasteiger partial charge < -0.3 is 10.6 Å². The van der Waals surface area contributed by atoms with Crippen molar-refractivity contribution in [3.8, 4) is 0 Å². The van der Waals surface area contributed by atoms with E-state index in [1.807, 2.05) is 0 Å². The van der Waals surface area contributed by atoms with E-state index in [4.69, 9.17) is 5.73 Å². The first-order chi connectivity index (χ1) is 8.17. The predicted octanol–water partition coefficient (Wildman–Crippen LogP) is 2.30. The fraction of sp³-hybridized carbons (Fsp3) is 0.929. The second-order valence-electron chi connectivity index (χ2n) is 6.01. The molecule has 0 aromatic heterocycles. The number of rotatable bonds is 2. The second-order valence-corrected chi connectivity index (χ2v) is 6.01. The van der Waals surface area contributed by atoms with E-state index in [9.17, 15) is 4.79 Å². The van der Waals surface area contributed by atoms with Crippen molar-refractivity contribution in [1.82, 2.24) is 4.90 Å². The molecule has 2 aliphatic rings. The molecule has 1 aliphatic heterocycles. The van der Waals surface area contributed by atoms with Gasteiger partial charge in [-0.2, -0.15) is 0 Å². The maximum absolute atomic E-state index is 12.7. The van der Waals surface area contributed by atoms with Gasteiger partial charge in [0.1, 0.15) is 0 Å². The van der Waals surface area contributed by atoms with E-state index in [2.05, 4.69) is 11.8 Å². The molecule has 3 nitrogen and oxygen atoms in total. The molecule has 2 rings (SSSR count). The topological polar surface area (TPSA) is 46.3 Å². The zero-order valence-electron chi connectivity index (χ0n) is 11.1. The van der Waals surface area contributed by atoms with Crippen LogP contribution < -0.4 is 5.73 Å². The molecule has 1 unspecified atom stereocenters. The molecular weight excluding hydrogens is 212 g/mol. The summed E-state index contributed by atoms with van der Waals surface area (Å²) in [6.45, 7) is 3.72.